The summed E-state index contributed by atoms with van der Waals surface area (Å²) in [4.78, 5) is 2.26. The van der Waals surface area contributed by atoms with E-state index in [0.29, 0.717) is 13.0 Å². The summed E-state index contributed by atoms with van der Waals surface area (Å²) in [6, 6.07) is 20.7. The predicted octanol–water partition coefficient (Wildman–Crippen LogP) is 4.06. The van der Waals surface area contributed by atoms with E-state index in [-0.39, 0.29) is 6.10 Å². The lowest BCUT2D eigenvalue weighted by atomic mass is 10.1. The van der Waals surface area contributed by atoms with Crippen molar-refractivity contribution in [2.45, 2.75) is 32.4 Å². The second-order valence-corrected chi connectivity index (χ2v) is 6.40. The van der Waals surface area contributed by atoms with Crippen molar-refractivity contribution in [1.82, 2.24) is 4.90 Å². The maximum absolute atomic E-state index is 8.90. The van der Waals surface area contributed by atoms with Crippen molar-refractivity contribution >= 4 is 0 Å². The molecule has 2 rings (SSSR count). The van der Waals surface area contributed by atoms with E-state index in [4.69, 9.17) is 14.7 Å². The fourth-order valence-corrected chi connectivity index (χ4v) is 2.86. The number of nitrogens with zero attached hydrogens (tertiary/aromatic N) is 2. The molecule has 0 aliphatic rings. The largest absolute Gasteiger partial charge is 0.497 e. The summed E-state index contributed by atoms with van der Waals surface area (Å²) >= 11 is 0. The standard InChI is InChI=1S/C22H28N2O2/c1-19(17-20-7-4-3-5-8-20)26-16-15-24(14-6-13-23)18-21-9-11-22(25-2)12-10-21/h3-5,7-12,19H,6,14-18H2,1-2H3/t19-/m0/s1. The lowest BCUT2D eigenvalue weighted by molar-refractivity contribution is 0.0475. The molecule has 0 saturated heterocycles. The van der Waals surface area contributed by atoms with Gasteiger partial charge in [0.15, 0.2) is 0 Å². The topological polar surface area (TPSA) is 45.5 Å². The Morgan fingerprint density at radius 1 is 1.00 bits per heavy atom. The molecule has 0 radical (unpaired) electrons. The van der Waals surface area contributed by atoms with Gasteiger partial charge in [0.05, 0.1) is 25.9 Å². The van der Waals surface area contributed by atoms with Gasteiger partial charge in [-0.3, -0.25) is 4.90 Å². The fourth-order valence-electron chi connectivity index (χ4n) is 2.86. The van der Waals surface area contributed by atoms with E-state index in [1.54, 1.807) is 7.11 Å². The molecule has 0 fully saturated rings. The van der Waals surface area contributed by atoms with E-state index < -0.39 is 0 Å². The third-order valence-electron chi connectivity index (χ3n) is 4.28. The first-order valence-electron chi connectivity index (χ1n) is 9.09. The summed E-state index contributed by atoms with van der Waals surface area (Å²) in [5, 5.41) is 8.90. The maximum Gasteiger partial charge on any atom is 0.118 e. The molecule has 2 aromatic rings. The van der Waals surface area contributed by atoms with Gasteiger partial charge < -0.3 is 9.47 Å². The van der Waals surface area contributed by atoms with Crippen LogP contribution in [0.5, 0.6) is 5.75 Å². The van der Waals surface area contributed by atoms with Gasteiger partial charge >= 0.3 is 0 Å². The van der Waals surface area contributed by atoms with Crippen molar-refractivity contribution in [3.63, 3.8) is 0 Å². The Morgan fingerprint density at radius 2 is 1.73 bits per heavy atom. The highest BCUT2D eigenvalue weighted by atomic mass is 16.5. The summed E-state index contributed by atoms with van der Waals surface area (Å²) in [5.74, 6) is 0.857. The van der Waals surface area contributed by atoms with Crippen molar-refractivity contribution in [2.75, 3.05) is 26.8 Å². The molecular weight excluding hydrogens is 324 g/mol. The van der Waals surface area contributed by atoms with Gasteiger partial charge in [0.2, 0.25) is 0 Å². The quantitative estimate of drug-likeness (QED) is 0.612. The number of rotatable bonds is 11. The van der Waals surface area contributed by atoms with E-state index in [1.165, 1.54) is 11.1 Å². The van der Waals surface area contributed by atoms with Crippen LogP contribution in [-0.4, -0.2) is 37.8 Å². The first-order valence-corrected chi connectivity index (χ1v) is 9.09. The van der Waals surface area contributed by atoms with E-state index in [0.717, 1.165) is 31.8 Å². The Labute approximate surface area is 157 Å². The third kappa shape index (κ3) is 7.26. The van der Waals surface area contributed by atoms with E-state index in [1.807, 2.05) is 18.2 Å². The lowest BCUT2D eigenvalue weighted by Crippen LogP contribution is -2.29. The smallest absolute Gasteiger partial charge is 0.118 e. The van der Waals surface area contributed by atoms with Crippen molar-refractivity contribution < 1.29 is 9.47 Å². The molecule has 0 spiro atoms. The molecule has 1 atom stereocenters. The number of methoxy groups -OCH3 is 1. The monoisotopic (exact) mass is 352 g/mol. The maximum atomic E-state index is 8.90. The Morgan fingerprint density at radius 3 is 2.38 bits per heavy atom. The first-order chi connectivity index (χ1) is 12.7. The molecule has 0 saturated carbocycles. The van der Waals surface area contributed by atoms with E-state index in [9.17, 15) is 0 Å². The van der Waals surface area contributed by atoms with Crippen LogP contribution in [0.2, 0.25) is 0 Å². The van der Waals surface area contributed by atoms with Crippen LogP contribution in [-0.2, 0) is 17.7 Å². The van der Waals surface area contributed by atoms with E-state index in [2.05, 4.69) is 54.3 Å². The van der Waals surface area contributed by atoms with Gasteiger partial charge in [0.1, 0.15) is 5.75 Å². The number of hydrogen-bond donors (Lipinski definition) is 0. The van der Waals surface area contributed by atoms with Gasteiger partial charge in [-0.2, -0.15) is 5.26 Å². The summed E-state index contributed by atoms with van der Waals surface area (Å²) in [6.45, 7) is 5.14. The van der Waals surface area contributed by atoms with Crippen molar-refractivity contribution in [2.24, 2.45) is 0 Å². The predicted molar refractivity (Wildman–Crippen MR) is 104 cm³/mol. The molecule has 0 heterocycles. The van der Waals surface area contributed by atoms with Gasteiger partial charge in [0, 0.05) is 26.1 Å². The van der Waals surface area contributed by atoms with Crippen LogP contribution in [0, 0.1) is 11.3 Å². The average Bonchev–Trinajstić information content (AvgIpc) is 2.67. The summed E-state index contributed by atoms with van der Waals surface area (Å²) in [6.07, 6.45) is 1.61. The molecule has 4 nitrogen and oxygen atoms in total. The van der Waals surface area contributed by atoms with Gasteiger partial charge in [-0.1, -0.05) is 42.5 Å². The zero-order chi connectivity index (χ0) is 18.6. The van der Waals surface area contributed by atoms with Gasteiger partial charge in [-0.05, 0) is 36.6 Å². The molecule has 4 heteroatoms. The molecule has 0 amide bonds. The van der Waals surface area contributed by atoms with Crippen LogP contribution in [0.25, 0.3) is 0 Å². The lowest BCUT2D eigenvalue weighted by Gasteiger charge is -2.22. The third-order valence-corrected chi connectivity index (χ3v) is 4.28. The SMILES string of the molecule is COc1ccc(CN(CCC#N)CCO[C@@H](C)Cc2ccccc2)cc1. The minimum atomic E-state index is 0.177. The molecule has 0 N–H and O–H groups in total. The van der Waals surface area contributed by atoms with Crippen LogP contribution in [0.3, 0.4) is 0 Å². The van der Waals surface area contributed by atoms with Gasteiger partial charge in [0.25, 0.3) is 0 Å². The number of benzene rings is 2. The average molecular weight is 352 g/mol. The Hall–Kier alpha value is -2.35. The molecule has 0 aromatic heterocycles. The van der Waals surface area contributed by atoms with Crippen LogP contribution in [0.4, 0.5) is 0 Å². The van der Waals surface area contributed by atoms with Crippen LogP contribution in [0.1, 0.15) is 24.5 Å². The number of nitriles is 1. The normalized spacial score (nSPS) is 11.9. The molecular formula is C22H28N2O2. The fraction of sp³-hybridized carbons (Fsp3) is 0.409. The van der Waals surface area contributed by atoms with Gasteiger partial charge in [-0.25, -0.2) is 0 Å². The first kappa shape index (κ1) is 20.0. The molecule has 0 bridgehead atoms. The number of hydrogen-bond acceptors (Lipinski definition) is 4. The minimum absolute atomic E-state index is 0.177. The Bertz CT molecular complexity index is 665. The Balaban J connectivity index is 1.79. The van der Waals surface area contributed by atoms with Crippen molar-refractivity contribution in [1.29, 1.82) is 5.26 Å². The highest BCUT2D eigenvalue weighted by molar-refractivity contribution is 5.27. The van der Waals surface area contributed by atoms with E-state index >= 15 is 0 Å². The molecule has 0 aliphatic carbocycles. The molecule has 0 unspecified atom stereocenters. The molecule has 0 aliphatic heterocycles. The second kappa shape index (κ2) is 11.3. The highest BCUT2D eigenvalue weighted by Crippen LogP contribution is 2.13. The molecule has 138 valence electrons. The molecule has 26 heavy (non-hydrogen) atoms. The minimum Gasteiger partial charge on any atom is -0.497 e. The van der Waals surface area contributed by atoms with Crippen LogP contribution >= 0.6 is 0 Å². The van der Waals surface area contributed by atoms with Crippen molar-refractivity contribution in [3.8, 4) is 11.8 Å². The van der Waals surface area contributed by atoms with Gasteiger partial charge in [-0.15, -0.1) is 0 Å². The second-order valence-electron chi connectivity index (χ2n) is 6.40. The summed E-state index contributed by atoms with van der Waals surface area (Å²) in [5.41, 5.74) is 2.50. The Kier molecular flexibility index (Phi) is 8.68. The zero-order valence-corrected chi connectivity index (χ0v) is 15.7. The number of ether oxygens (including phenoxy) is 2. The van der Waals surface area contributed by atoms with Crippen LogP contribution in [0.15, 0.2) is 54.6 Å². The summed E-state index contributed by atoms with van der Waals surface area (Å²) < 4.78 is 11.2. The van der Waals surface area contributed by atoms with Crippen molar-refractivity contribution in [3.05, 3.63) is 65.7 Å². The van der Waals surface area contributed by atoms with Crippen LogP contribution < -0.4 is 4.74 Å². The zero-order valence-electron chi connectivity index (χ0n) is 15.7. The molecule has 2 aromatic carbocycles. The summed E-state index contributed by atoms with van der Waals surface area (Å²) in [7, 11) is 1.67. The highest BCUT2D eigenvalue weighted by Gasteiger charge is 2.09.